The lowest BCUT2D eigenvalue weighted by Gasteiger charge is -2.32. The van der Waals surface area contributed by atoms with Crippen LogP contribution in [0.5, 0.6) is 5.75 Å². The molecule has 2 N–H and O–H groups in total. The maximum atomic E-state index is 14.0. The molecule has 0 fully saturated rings. The van der Waals surface area contributed by atoms with Crippen LogP contribution in [-0.4, -0.2) is 53.0 Å². The van der Waals surface area contributed by atoms with Crippen molar-refractivity contribution in [2.45, 2.75) is 64.1 Å². The number of nitrogens with zero attached hydrogens (tertiary/aromatic N) is 3. The molecule has 1 aromatic heterocycles. The molecular formula is C23H31FN4O6S. The van der Waals surface area contributed by atoms with Crippen LogP contribution in [0.2, 0.25) is 0 Å². The molecule has 3 rings (SSSR count). The first-order valence-corrected chi connectivity index (χ1v) is 12.9. The standard InChI is InChI=1S/C23H31FN4O6S/c1-5-9-27(10-6-2)35(32,33)17-13-16(24)8-7-15(17)14-25-20(30)18-19(29)21(31)28-11-12-34-23(3,4)22(28)26-18/h7-8,13,29H,5-6,9-12,14H2,1-4H3,(H,25,30). The molecule has 0 bridgehead atoms. The van der Waals surface area contributed by atoms with Gasteiger partial charge >= 0.3 is 0 Å². The number of benzene rings is 1. The molecule has 1 aromatic carbocycles. The van der Waals surface area contributed by atoms with Crippen LogP contribution in [0.3, 0.4) is 0 Å². The van der Waals surface area contributed by atoms with E-state index in [4.69, 9.17) is 4.74 Å². The lowest BCUT2D eigenvalue weighted by atomic mass is 10.1. The summed E-state index contributed by atoms with van der Waals surface area (Å²) in [6, 6.07) is 3.31. The monoisotopic (exact) mass is 510 g/mol. The molecular weight excluding hydrogens is 479 g/mol. The minimum Gasteiger partial charge on any atom is -0.501 e. The largest absolute Gasteiger partial charge is 0.501 e. The molecule has 0 radical (unpaired) electrons. The minimum atomic E-state index is -4.03. The van der Waals surface area contributed by atoms with Gasteiger partial charge < -0.3 is 15.2 Å². The summed E-state index contributed by atoms with van der Waals surface area (Å²) in [5.74, 6) is -2.23. The van der Waals surface area contributed by atoms with E-state index in [1.807, 2.05) is 13.8 Å². The Morgan fingerprint density at radius 1 is 1.29 bits per heavy atom. The summed E-state index contributed by atoms with van der Waals surface area (Å²) in [7, 11) is -4.03. The molecule has 0 saturated carbocycles. The second-order valence-corrected chi connectivity index (χ2v) is 10.7. The zero-order valence-corrected chi connectivity index (χ0v) is 21.1. The van der Waals surface area contributed by atoms with Crippen LogP contribution in [0, 0.1) is 5.82 Å². The van der Waals surface area contributed by atoms with Gasteiger partial charge in [0.1, 0.15) is 17.2 Å². The van der Waals surface area contributed by atoms with E-state index in [-0.39, 0.29) is 49.1 Å². The quantitative estimate of drug-likeness (QED) is 0.528. The van der Waals surface area contributed by atoms with E-state index >= 15 is 0 Å². The molecule has 0 spiro atoms. The fourth-order valence-corrected chi connectivity index (χ4v) is 5.85. The maximum Gasteiger partial charge on any atom is 0.296 e. The topological polar surface area (TPSA) is 131 Å². The van der Waals surface area contributed by atoms with Crippen LogP contribution in [0.1, 0.15) is 62.4 Å². The second-order valence-electron chi connectivity index (χ2n) is 8.79. The molecule has 2 aromatic rings. The molecule has 1 aliphatic heterocycles. The van der Waals surface area contributed by atoms with Crippen molar-refractivity contribution in [3.05, 3.63) is 51.5 Å². The van der Waals surface area contributed by atoms with E-state index < -0.39 is 44.4 Å². The average Bonchev–Trinajstić information content (AvgIpc) is 2.80. The van der Waals surface area contributed by atoms with Crippen molar-refractivity contribution in [2.75, 3.05) is 19.7 Å². The highest BCUT2D eigenvalue weighted by atomic mass is 32.2. The predicted molar refractivity (Wildman–Crippen MR) is 126 cm³/mol. The van der Waals surface area contributed by atoms with Crippen LogP contribution in [0.4, 0.5) is 4.39 Å². The molecule has 192 valence electrons. The summed E-state index contributed by atoms with van der Waals surface area (Å²) in [5.41, 5.74) is -2.06. The number of carbonyl (C=O) groups excluding carboxylic acids is 1. The molecule has 1 aliphatic rings. The average molecular weight is 511 g/mol. The van der Waals surface area contributed by atoms with Crippen molar-refractivity contribution in [2.24, 2.45) is 0 Å². The van der Waals surface area contributed by atoms with E-state index in [2.05, 4.69) is 10.3 Å². The van der Waals surface area contributed by atoms with Gasteiger partial charge in [-0.25, -0.2) is 17.8 Å². The van der Waals surface area contributed by atoms with Crippen molar-refractivity contribution < 1.29 is 27.4 Å². The number of nitrogens with one attached hydrogen (secondary N) is 1. The first-order chi connectivity index (χ1) is 16.4. The molecule has 0 saturated heterocycles. The number of sulfonamides is 1. The van der Waals surface area contributed by atoms with E-state index in [0.717, 1.165) is 12.1 Å². The second kappa shape index (κ2) is 10.4. The number of aromatic hydroxyl groups is 1. The van der Waals surface area contributed by atoms with Crippen molar-refractivity contribution in [1.29, 1.82) is 0 Å². The van der Waals surface area contributed by atoms with Crippen molar-refractivity contribution in [3.63, 3.8) is 0 Å². The number of halogens is 1. The number of hydrogen-bond donors (Lipinski definition) is 2. The molecule has 35 heavy (non-hydrogen) atoms. The lowest BCUT2D eigenvalue weighted by molar-refractivity contribution is -0.0566. The van der Waals surface area contributed by atoms with Crippen LogP contribution < -0.4 is 10.9 Å². The normalized spacial score (nSPS) is 15.1. The highest BCUT2D eigenvalue weighted by molar-refractivity contribution is 7.89. The lowest BCUT2D eigenvalue weighted by Crippen LogP contribution is -2.42. The Kier molecular flexibility index (Phi) is 7.97. The fraction of sp³-hybridized carbons (Fsp3) is 0.522. The number of hydrogen-bond acceptors (Lipinski definition) is 7. The smallest absolute Gasteiger partial charge is 0.296 e. The van der Waals surface area contributed by atoms with Gasteiger partial charge in [0.15, 0.2) is 5.69 Å². The van der Waals surface area contributed by atoms with E-state index in [1.165, 1.54) is 14.9 Å². The summed E-state index contributed by atoms with van der Waals surface area (Å²) < 4.78 is 48.8. The Morgan fingerprint density at radius 3 is 2.57 bits per heavy atom. The van der Waals surface area contributed by atoms with Gasteiger partial charge in [0, 0.05) is 19.6 Å². The number of fused-ring (bicyclic) bond motifs is 1. The van der Waals surface area contributed by atoms with Crippen LogP contribution in [0.15, 0.2) is 27.9 Å². The predicted octanol–water partition coefficient (Wildman–Crippen LogP) is 2.09. The first-order valence-electron chi connectivity index (χ1n) is 11.5. The van der Waals surface area contributed by atoms with E-state index in [9.17, 15) is 27.5 Å². The maximum absolute atomic E-state index is 14.0. The molecule has 0 atom stereocenters. The van der Waals surface area contributed by atoms with E-state index in [1.54, 1.807) is 13.8 Å². The molecule has 12 heteroatoms. The molecule has 0 unspecified atom stereocenters. The number of ether oxygens (including phenoxy) is 1. The molecule has 2 heterocycles. The minimum absolute atomic E-state index is 0.162. The number of carbonyl (C=O) groups is 1. The third-order valence-corrected chi connectivity index (χ3v) is 7.69. The fourth-order valence-electron chi connectivity index (χ4n) is 3.99. The van der Waals surface area contributed by atoms with Crippen molar-refractivity contribution in [3.8, 4) is 5.75 Å². The van der Waals surface area contributed by atoms with Crippen molar-refractivity contribution >= 4 is 15.9 Å². The summed E-state index contributed by atoms with van der Waals surface area (Å²) in [4.78, 5) is 29.5. The summed E-state index contributed by atoms with van der Waals surface area (Å²) >= 11 is 0. The van der Waals surface area contributed by atoms with Gasteiger partial charge in [-0.1, -0.05) is 19.9 Å². The van der Waals surface area contributed by atoms with Gasteiger partial charge in [-0.3, -0.25) is 14.2 Å². The first kappa shape index (κ1) is 26.8. The summed E-state index contributed by atoms with van der Waals surface area (Å²) in [6.07, 6.45) is 1.17. The van der Waals surface area contributed by atoms with Crippen LogP contribution >= 0.6 is 0 Å². The van der Waals surface area contributed by atoms with Gasteiger partial charge in [0.25, 0.3) is 11.5 Å². The van der Waals surface area contributed by atoms with Gasteiger partial charge in [-0.2, -0.15) is 4.31 Å². The Hall–Kier alpha value is -2.83. The number of rotatable bonds is 9. The van der Waals surface area contributed by atoms with Gasteiger partial charge in [0.2, 0.25) is 15.8 Å². The zero-order valence-electron chi connectivity index (χ0n) is 20.3. The zero-order chi connectivity index (χ0) is 26.0. The number of aromatic nitrogens is 2. The van der Waals surface area contributed by atoms with E-state index in [0.29, 0.717) is 12.8 Å². The summed E-state index contributed by atoms with van der Waals surface area (Å²) in [5, 5.41) is 12.8. The summed E-state index contributed by atoms with van der Waals surface area (Å²) in [6.45, 7) is 7.76. The van der Waals surface area contributed by atoms with Crippen LogP contribution in [-0.2, 0) is 33.5 Å². The molecule has 1 amide bonds. The van der Waals surface area contributed by atoms with Gasteiger partial charge in [-0.15, -0.1) is 0 Å². The highest BCUT2D eigenvalue weighted by Crippen LogP contribution is 2.27. The van der Waals surface area contributed by atoms with Gasteiger partial charge in [-0.05, 0) is 44.4 Å². The Balaban J connectivity index is 1.94. The highest BCUT2D eigenvalue weighted by Gasteiger charge is 2.34. The van der Waals surface area contributed by atoms with Crippen LogP contribution in [0.25, 0.3) is 0 Å². The van der Waals surface area contributed by atoms with Gasteiger partial charge in [0.05, 0.1) is 18.0 Å². The third-order valence-electron chi connectivity index (χ3n) is 5.71. The molecule has 0 aliphatic carbocycles. The SMILES string of the molecule is CCCN(CCC)S(=O)(=O)c1cc(F)ccc1CNC(=O)c1nc2n(c(=O)c1O)CCOC2(C)C. The third kappa shape index (κ3) is 5.39. The Morgan fingerprint density at radius 2 is 1.94 bits per heavy atom. The van der Waals surface area contributed by atoms with Crippen molar-refractivity contribution in [1.82, 2.24) is 19.2 Å². The Labute approximate surface area is 203 Å². The molecule has 10 nitrogen and oxygen atoms in total. The number of amides is 1. The Bertz CT molecular complexity index is 1270.